The highest BCUT2D eigenvalue weighted by atomic mass is 32.2. The van der Waals surface area contributed by atoms with Gasteiger partial charge in [0, 0.05) is 6.08 Å². The lowest BCUT2D eigenvalue weighted by molar-refractivity contribution is -0.134. The number of nitrogens with zero attached hydrogens (tertiary/aromatic N) is 2. The maximum absolute atomic E-state index is 10.7. The van der Waals surface area contributed by atoms with Crippen LogP contribution in [0.3, 0.4) is 0 Å². The number of esters is 1. The first-order chi connectivity index (χ1) is 6.22. The molecule has 0 N–H and O–H groups in total. The van der Waals surface area contributed by atoms with Gasteiger partial charge in [0.25, 0.3) is 0 Å². The molecular weight excluding hydrogens is 208 g/mol. The average molecular weight is 216 g/mol. The van der Waals surface area contributed by atoms with Gasteiger partial charge in [0.1, 0.15) is 5.01 Å². The Labute approximate surface area is 84.0 Å². The second kappa shape index (κ2) is 4.98. The van der Waals surface area contributed by atoms with Gasteiger partial charge in [-0.15, -0.1) is 10.2 Å². The van der Waals surface area contributed by atoms with E-state index < -0.39 is 0 Å². The fourth-order valence-corrected chi connectivity index (χ4v) is 2.06. The van der Waals surface area contributed by atoms with E-state index in [1.54, 1.807) is 5.41 Å². The molecule has 70 valence electrons. The second-order valence-corrected chi connectivity index (χ2v) is 4.37. The van der Waals surface area contributed by atoms with Crippen LogP contribution in [-0.2, 0) is 9.53 Å². The van der Waals surface area contributed by atoms with Crippen molar-refractivity contribution in [3.63, 3.8) is 0 Å². The number of aromatic nitrogens is 2. The third-order valence-electron chi connectivity index (χ3n) is 1.08. The van der Waals surface area contributed by atoms with Gasteiger partial charge in [-0.3, -0.25) is 0 Å². The molecule has 0 spiro atoms. The average Bonchev–Trinajstić information content (AvgIpc) is 2.51. The molecule has 0 amide bonds. The van der Waals surface area contributed by atoms with Crippen LogP contribution in [0.15, 0.2) is 15.8 Å². The first-order valence-electron chi connectivity index (χ1n) is 3.43. The van der Waals surface area contributed by atoms with Gasteiger partial charge >= 0.3 is 5.97 Å². The van der Waals surface area contributed by atoms with Crippen molar-refractivity contribution in [2.75, 3.05) is 7.11 Å². The molecule has 0 radical (unpaired) electrons. The molecule has 0 aromatic carbocycles. The number of aryl methyl sites for hydroxylation is 1. The zero-order valence-electron chi connectivity index (χ0n) is 7.18. The van der Waals surface area contributed by atoms with Crippen molar-refractivity contribution in [1.82, 2.24) is 10.2 Å². The van der Waals surface area contributed by atoms with E-state index in [1.807, 2.05) is 6.92 Å². The van der Waals surface area contributed by atoms with E-state index in [2.05, 4.69) is 14.9 Å². The number of carbonyl (C=O) groups is 1. The van der Waals surface area contributed by atoms with Crippen LogP contribution in [-0.4, -0.2) is 23.3 Å². The smallest absolute Gasteiger partial charge is 0.330 e. The summed E-state index contributed by atoms with van der Waals surface area (Å²) < 4.78 is 5.24. The van der Waals surface area contributed by atoms with E-state index in [9.17, 15) is 4.79 Å². The van der Waals surface area contributed by atoms with Crippen LogP contribution in [0.1, 0.15) is 5.01 Å². The SMILES string of the molecule is COC(=O)/C=C\Sc1nnc(C)s1. The molecule has 0 aliphatic rings. The molecule has 1 aromatic heterocycles. The van der Waals surface area contributed by atoms with Gasteiger partial charge in [0.15, 0.2) is 4.34 Å². The first-order valence-corrected chi connectivity index (χ1v) is 5.13. The lowest BCUT2D eigenvalue weighted by atomic mass is 10.7. The summed E-state index contributed by atoms with van der Waals surface area (Å²) in [6.07, 6.45) is 1.35. The van der Waals surface area contributed by atoms with Crippen LogP contribution in [0.25, 0.3) is 0 Å². The van der Waals surface area contributed by atoms with Gasteiger partial charge in [-0.1, -0.05) is 23.1 Å². The number of thioether (sulfide) groups is 1. The van der Waals surface area contributed by atoms with Crippen LogP contribution in [0, 0.1) is 6.92 Å². The molecular formula is C7H8N2O2S2. The predicted molar refractivity (Wildman–Crippen MR) is 51.7 cm³/mol. The molecule has 0 saturated carbocycles. The Bertz CT molecular complexity index is 322. The Morgan fingerprint density at radius 1 is 1.62 bits per heavy atom. The summed E-state index contributed by atoms with van der Waals surface area (Å²) in [5.41, 5.74) is 0. The van der Waals surface area contributed by atoms with Crippen LogP contribution >= 0.6 is 23.1 Å². The highest BCUT2D eigenvalue weighted by Crippen LogP contribution is 2.22. The number of ether oxygens (including phenoxy) is 1. The minimum Gasteiger partial charge on any atom is -0.466 e. The van der Waals surface area contributed by atoms with E-state index in [4.69, 9.17) is 0 Å². The highest BCUT2D eigenvalue weighted by Gasteiger charge is 1.98. The van der Waals surface area contributed by atoms with E-state index in [0.717, 1.165) is 9.35 Å². The summed E-state index contributed by atoms with van der Waals surface area (Å²) in [6.45, 7) is 1.88. The minimum absolute atomic E-state index is 0.367. The summed E-state index contributed by atoms with van der Waals surface area (Å²) in [4.78, 5) is 10.7. The lowest BCUT2D eigenvalue weighted by Crippen LogP contribution is -1.92. The Hall–Kier alpha value is -0.880. The monoisotopic (exact) mass is 216 g/mol. The second-order valence-electron chi connectivity index (χ2n) is 2.03. The molecule has 0 unspecified atom stereocenters. The molecule has 1 rings (SSSR count). The minimum atomic E-state index is -0.367. The lowest BCUT2D eigenvalue weighted by Gasteiger charge is -1.87. The number of methoxy groups -OCH3 is 1. The first kappa shape index (κ1) is 10.2. The van der Waals surface area contributed by atoms with Crippen molar-refractivity contribution < 1.29 is 9.53 Å². The van der Waals surface area contributed by atoms with Crippen LogP contribution in [0.5, 0.6) is 0 Å². The molecule has 1 aromatic rings. The fourth-order valence-electron chi connectivity index (χ4n) is 0.542. The quantitative estimate of drug-likeness (QED) is 0.436. The zero-order valence-corrected chi connectivity index (χ0v) is 8.82. The molecule has 13 heavy (non-hydrogen) atoms. The molecule has 0 aliphatic carbocycles. The Morgan fingerprint density at radius 2 is 2.38 bits per heavy atom. The van der Waals surface area contributed by atoms with Crippen LogP contribution < -0.4 is 0 Å². The molecule has 0 aliphatic heterocycles. The third-order valence-corrected chi connectivity index (χ3v) is 2.81. The third kappa shape index (κ3) is 3.56. The van der Waals surface area contributed by atoms with Crippen LogP contribution in [0.4, 0.5) is 0 Å². The maximum atomic E-state index is 10.7. The Balaban J connectivity index is 2.43. The summed E-state index contributed by atoms with van der Waals surface area (Å²) in [6, 6.07) is 0. The Kier molecular flexibility index (Phi) is 3.91. The molecule has 6 heteroatoms. The maximum Gasteiger partial charge on any atom is 0.330 e. The standard InChI is InChI=1S/C7H8N2O2S2/c1-5-8-9-7(13-5)12-4-3-6(10)11-2/h3-4H,1-2H3/b4-3-. The molecule has 0 bridgehead atoms. The zero-order chi connectivity index (χ0) is 9.68. The summed E-state index contributed by atoms with van der Waals surface area (Å²) in [5, 5.41) is 10.2. The van der Waals surface area contributed by atoms with Gasteiger partial charge in [0.05, 0.1) is 7.11 Å². The topological polar surface area (TPSA) is 52.1 Å². The Morgan fingerprint density at radius 3 is 2.92 bits per heavy atom. The largest absolute Gasteiger partial charge is 0.466 e. The van der Waals surface area contributed by atoms with Gasteiger partial charge in [0.2, 0.25) is 0 Å². The van der Waals surface area contributed by atoms with Gasteiger partial charge in [-0.05, 0) is 12.3 Å². The fraction of sp³-hybridized carbons (Fsp3) is 0.286. The summed E-state index contributed by atoms with van der Waals surface area (Å²) in [7, 11) is 1.34. The van der Waals surface area contributed by atoms with E-state index in [0.29, 0.717) is 0 Å². The molecule has 0 saturated heterocycles. The van der Waals surface area contributed by atoms with Crippen LogP contribution in [0.2, 0.25) is 0 Å². The molecule has 4 nitrogen and oxygen atoms in total. The number of hydrogen-bond acceptors (Lipinski definition) is 6. The van der Waals surface area contributed by atoms with Crippen molar-refractivity contribution in [2.45, 2.75) is 11.3 Å². The predicted octanol–water partition coefficient (Wildman–Crippen LogP) is 1.63. The molecule has 1 heterocycles. The molecule has 0 fully saturated rings. The van der Waals surface area contributed by atoms with Crippen molar-refractivity contribution in [3.8, 4) is 0 Å². The van der Waals surface area contributed by atoms with Gasteiger partial charge in [-0.2, -0.15) is 0 Å². The van der Waals surface area contributed by atoms with E-state index >= 15 is 0 Å². The number of hydrogen-bond donors (Lipinski definition) is 0. The number of rotatable bonds is 3. The van der Waals surface area contributed by atoms with Gasteiger partial charge in [-0.25, -0.2) is 4.79 Å². The van der Waals surface area contributed by atoms with Gasteiger partial charge < -0.3 is 4.74 Å². The van der Waals surface area contributed by atoms with Crippen molar-refractivity contribution in [2.24, 2.45) is 0 Å². The van der Waals surface area contributed by atoms with E-state index in [-0.39, 0.29) is 5.97 Å². The summed E-state index contributed by atoms with van der Waals surface area (Å²) >= 11 is 2.83. The van der Waals surface area contributed by atoms with Crippen molar-refractivity contribution in [1.29, 1.82) is 0 Å². The van der Waals surface area contributed by atoms with E-state index in [1.165, 1.54) is 36.3 Å². The summed E-state index contributed by atoms with van der Waals surface area (Å²) in [5.74, 6) is -0.367. The van der Waals surface area contributed by atoms with Crippen molar-refractivity contribution in [3.05, 3.63) is 16.5 Å². The normalized spacial score (nSPS) is 10.6. The highest BCUT2D eigenvalue weighted by molar-refractivity contribution is 8.03. The van der Waals surface area contributed by atoms with Crippen molar-refractivity contribution >= 4 is 29.1 Å². The number of carbonyl (C=O) groups excluding carboxylic acids is 1. The molecule has 0 atom stereocenters.